The fourth-order valence-electron chi connectivity index (χ4n) is 1.19. The van der Waals surface area contributed by atoms with Crippen LogP contribution in [0.4, 0.5) is 0 Å². The molecule has 0 amide bonds. The third-order valence-electron chi connectivity index (χ3n) is 1.81. The van der Waals surface area contributed by atoms with E-state index in [4.69, 9.17) is 4.74 Å². The van der Waals surface area contributed by atoms with Gasteiger partial charge >= 0.3 is 0 Å². The van der Waals surface area contributed by atoms with Gasteiger partial charge in [-0.2, -0.15) is 0 Å². The predicted octanol–water partition coefficient (Wildman–Crippen LogP) is 3.56. The van der Waals surface area contributed by atoms with Gasteiger partial charge in [0.1, 0.15) is 6.26 Å². The second kappa shape index (κ2) is 3.72. The minimum Gasteiger partial charge on any atom is -0.471 e. The fourth-order valence-corrected chi connectivity index (χ4v) is 2.08. The molecular formula is C9H7Br2NO. The Bertz CT molecular complexity index is 340. The predicted molar refractivity (Wildman–Crippen MR) is 57.9 cm³/mol. The van der Waals surface area contributed by atoms with Gasteiger partial charge in [0.2, 0.25) is 6.23 Å². The topological polar surface area (TPSA) is 12.5 Å². The quantitative estimate of drug-likeness (QED) is 0.736. The monoisotopic (exact) mass is 303 g/mol. The molecule has 0 saturated carbocycles. The first-order valence-corrected chi connectivity index (χ1v) is 5.30. The highest BCUT2D eigenvalue weighted by atomic mass is 79.9. The Balaban J connectivity index is 2.31. The summed E-state index contributed by atoms with van der Waals surface area (Å²) in [5.74, 6) is 0. The van der Waals surface area contributed by atoms with Gasteiger partial charge in [-0.15, -0.1) is 0 Å². The molecule has 1 unspecified atom stereocenters. The largest absolute Gasteiger partial charge is 0.471 e. The van der Waals surface area contributed by atoms with Gasteiger partial charge in [-0.05, 0) is 6.07 Å². The van der Waals surface area contributed by atoms with E-state index in [1.165, 1.54) is 0 Å². The van der Waals surface area contributed by atoms with Crippen molar-refractivity contribution in [2.45, 2.75) is 6.23 Å². The second-order valence-corrected chi connectivity index (χ2v) is 4.31. The lowest BCUT2D eigenvalue weighted by Crippen LogP contribution is -2.09. The molecular weight excluding hydrogens is 298 g/mol. The van der Waals surface area contributed by atoms with Crippen molar-refractivity contribution in [1.82, 2.24) is 3.93 Å². The number of halogens is 2. The van der Waals surface area contributed by atoms with Crippen LogP contribution in [0.15, 0.2) is 41.2 Å². The molecule has 2 rings (SSSR count). The van der Waals surface area contributed by atoms with Gasteiger partial charge in [0.25, 0.3) is 0 Å². The van der Waals surface area contributed by atoms with E-state index >= 15 is 0 Å². The normalized spacial score (nSPS) is 20.5. The average molecular weight is 305 g/mol. The number of hydrogen-bond acceptors (Lipinski definition) is 2. The third kappa shape index (κ3) is 1.74. The Kier molecular flexibility index (Phi) is 2.60. The van der Waals surface area contributed by atoms with Crippen LogP contribution in [0.5, 0.6) is 0 Å². The molecule has 1 heterocycles. The Morgan fingerprint density at radius 3 is 2.69 bits per heavy atom. The molecule has 68 valence electrons. The highest BCUT2D eigenvalue weighted by molar-refractivity contribution is 9.10. The Labute approximate surface area is 93.6 Å². The molecule has 0 bridgehead atoms. The van der Waals surface area contributed by atoms with Crippen molar-refractivity contribution < 1.29 is 4.74 Å². The number of nitrogens with zero attached hydrogens (tertiary/aromatic N) is 1. The second-order valence-electron chi connectivity index (χ2n) is 2.64. The summed E-state index contributed by atoms with van der Waals surface area (Å²) in [6.45, 7) is 0. The van der Waals surface area contributed by atoms with E-state index in [0.29, 0.717) is 0 Å². The Morgan fingerprint density at radius 1 is 1.31 bits per heavy atom. The van der Waals surface area contributed by atoms with E-state index in [1.807, 2.05) is 34.4 Å². The van der Waals surface area contributed by atoms with Crippen molar-refractivity contribution in [2.75, 3.05) is 0 Å². The average Bonchev–Trinajstić information content (AvgIpc) is 2.52. The Hall–Kier alpha value is -0.480. The summed E-state index contributed by atoms with van der Waals surface area (Å²) in [6, 6.07) is 7.99. The van der Waals surface area contributed by atoms with Crippen LogP contribution in [0.2, 0.25) is 0 Å². The zero-order valence-corrected chi connectivity index (χ0v) is 9.82. The molecule has 0 radical (unpaired) electrons. The molecule has 13 heavy (non-hydrogen) atoms. The lowest BCUT2D eigenvalue weighted by atomic mass is 10.2. The highest BCUT2D eigenvalue weighted by Crippen LogP contribution is 2.34. The van der Waals surface area contributed by atoms with Crippen LogP contribution >= 0.6 is 32.1 Å². The van der Waals surface area contributed by atoms with E-state index in [2.05, 4.69) is 32.1 Å². The van der Waals surface area contributed by atoms with E-state index in [9.17, 15) is 0 Å². The van der Waals surface area contributed by atoms with Gasteiger partial charge in [0, 0.05) is 16.2 Å². The molecule has 1 atom stereocenters. The van der Waals surface area contributed by atoms with Crippen LogP contribution in [0, 0.1) is 0 Å². The van der Waals surface area contributed by atoms with Crippen LogP contribution in [-0.2, 0) is 4.74 Å². The fraction of sp³-hybridized carbons (Fsp3) is 0.111. The van der Waals surface area contributed by atoms with E-state index in [0.717, 1.165) is 10.0 Å². The minimum absolute atomic E-state index is 0.0735. The van der Waals surface area contributed by atoms with Gasteiger partial charge in [-0.1, -0.05) is 34.1 Å². The van der Waals surface area contributed by atoms with Gasteiger partial charge in [-0.3, -0.25) is 3.93 Å². The first-order chi connectivity index (χ1) is 6.29. The summed E-state index contributed by atoms with van der Waals surface area (Å²) in [5.41, 5.74) is 1.10. The Morgan fingerprint density at radius 2 is 2.08 bits per heavy atom. The van der Waals surface area contributed by atoms with Gasteiger partial charge < -0.3 is 4.74 Å². The zero-order chi connectivity index (χ0) is 9.26. The molecule has 0 aromatic heterocycles. The number of rotatable bonds is 1. The molecule has 0 N–H and O–H groups in total. The van der Waals surface area contributed by atoms with E-state index in [-0.39, 0.29) is 6.23 Å². The molecule has 0 aliphatic carbocycles. The maximum absolute atomic E-state index is 5.40. The summed E-state index contributed by atoms with van der Waals surface area (Å²) in [4.78, 5) is 0. The van der Waals surface area contributed by atoms with E-state index in [1.54, 1.807) is 6.26 Å². The minimum atomic E-state index is -0.0735. The zero-order valence-electron chi connectivity index (χ0n) is 6.65. The summed E-state index contributed by atoms with van der Waals surface area (Å²) in [5, 5.41) is 0. The smallest absolute Gasteiger partial charge is 0.207 e. The highest BCUT2D eigenvalue weighted by Gasteiger charge is 2.22. The summed E-state index contributed by atoms with van der Waals surface area (Å²) in [7, 11) is 0. The van der Waals surface area contributed by atoms with E-state index < -0.39 is 0 Å². The van der Waals surface area contributed by atoms with Gasteiger partial charge in [-0.25, -0.2) is 0 Å². The molecule has 1 aromatic carbocycles. The van der Waals surface area contributed by atoms with Crippen molar-refractivity contribution in [1.29, 1.82) is 0 Å². The van der Waals surface area contributed by atoms with Crippen molar-refractivity contribution in [3.05, 3.63) is 46.8 Å². The molecule has 1 aliphatic rings. The van der Waals surface area contributed by atoms with Gasteiger partial charge in [0.05, 0.1) is 16.1 Å². The maximum Gasteiger partial charge on any atom is 0.207 e. The maximum atomic E-state index is 5.40. The van der Waals surface area contributed by atoms with Crippen molar-refractivity contribution >= 4 is 32.1 Å². The molecule has 4 heteroatoms. The summed E-state index contributed by atoms with van der Waals surface area (Å²) < 4.78 is 8.29. The first kappa shape index (κ1) is 9.09. The van der Waals surface area contributed by atoms with Crippen LogP contribution in [0.3, 0.4) is 0 Å². The van der Waals surface area contributed by atoms with Crippen LogP contribution in [0.25, 0.3) is 0 Å². The van der Waals surface area contributed by atoms with Crippen LogP contribution < -0.4 is 0 Å². The van der Waals surface area contributed by atoms with Crippen LogP contribution in [-0.4, -0.2) is 3.93 Å². The SMILES string of the molecule is Brc1ccccc1C1OC=CN1Br. The molecule has 0 spiro atoms. The van der Waals surface area contributed by atoms with Gasteiger partial charge in [0.15, 0.2) is 0 Å². The molecule has 0 saturated heterocycles. The van der Waals surface area contributed by atoms with Crippen molar-refractivity contribution in [2.24, 2.45) is 0 Å². The number of benzene rings is 1. The van der Waals surface area contributed by atoms with Crippen molar-refractivity contribution in [3.63, 3.8) is 0 Å². The molecule has 2 nitrogen and oxygen atoms in total. The summed E-state index contributed by atoms with van der Waals surface area (Å²) in [6.07, 6.45) is 3.43. The third-order valence-corrected chi connectivity index (χ3v) is 3.14. The first-order valence-electron chi connectivity index (χ1n) is 3.80. The summed E-state index contributed by atoms with van der Waals surface area (Å²) >= 11 is 6.85. The number of hydrogen-bond donors (Lipinski definition) is 0. The van der Waals surface area contributed by atoms with Crippen LogP contribution in [0.1, 0.15) is 11.8 Å². The molecule has 1 aliphatic heterocycles. The standard InChI is InChI=1S/C9H7Br2NO/c10-8-4-2-1-3-7(8)9-12(11)5-6-13-9/h1-6,9H. The molecule has 0 fully saturated rings. The van der Waals surface area contributed by atoms with Crippen molar-refractivity contribution in [3.8, 4) is 0 Å². The lowest BCUT2D eigenvalue weighted by Gasteiger charge is -2.18. The number of ether oxygens (including phenoxy) is 1. The lowest BCUT2D eigenvalue weighted by molar-refractivity contribution is 0.112. The molecule has 1 aromatic rings.